The summed E-state index contributed by atoms with van der Waals surface area (Å²) in [5.74, 6) is -0.402. The molecule has 0 atom stereocenters. The summed E-state index contributed by atoms with van der Waals surface area (Å²) in [6.07, 6.45) is 0. The Hall–Kier alpha value is -1.32. The second-order valence-electron chi connectivity index (χ2n) is 3.25. The minimum absolute atomic E-state index is 0.0391. The summed E-state index contributed by atoms with van der Waals surface area (Å²) in [7, 11) is 0. The third-order valence-corrected chi connectivity index (χ3v) is 2.16. The van der Waals surface area contributed by atoms with Gasteiger partial charge in [-0.1, -0.05) is 0 Å². The lowest BCUT2D eigenvalue weighted by Crippen LogP contribution is -2.05. The minimum atomic E-state index is -0.893. The number of ketones is 1. The molecule has 4 heteroatoms. The van der Waals surface area contributed by atoms with E-state index in [1.165, 1.54) is 19.1 Å². The number of Topliss-reactive ketones (excluding diaryl/α,β-unsaturated/α-hetero) is 1. The fourth-order valence-electron chi connectivity index (χ4n) is 1.58. The molecule has 1 aromatic rings. The van der Waals surface area contributed by atoms with Crippen molar-refractivity contribution in [3.05, 3.63) is 34.4 Å². The van der Waals surface area contributed by atoms with Crippen molar-refractivity contribution in [2.75, 3.05) is 0 Å². The van der Waals surface area contributed by atoms with E-state index in [2.05, 4.69) is 0 Å². The van der Waals surface area contributed by atoms with Gasteiger partial charge in [-0.2, -0.15) is 0 Å². The van der Waals surface area contributed by atoms with E-state index in [-0.39, 0.29) is 22.3 Å². The molecule has 15 heavy (non-hydrogen) atoms. The monoisotopic (exact) mass is 216 g/mol. The van der Waals surface area contributed by atoms with Crippen molar-refractivity contribution in [3.8, 4) is 0 Å². The largest absolute Gasteiger partial charge is 0.294 e. The molecular weight excluding hydrogens is 205 g/mol. The van der Waals surface area contributed by atoms with Gasteiger partial charge in [0.2, 0.25) is 0 Å². The van der Waals surface area contributed by atoms with Gasteiger partial charge < -0.3 is 0 Å². The number of halogens is 3. The van der Waals surface area contributed by atoms with Gasteiger partial charge in [-0.15, -0.1) is 0 Å². The third kappa shape index (κ3) is 2.37. The van der Waals surface area contributed by atoms with Gasteiger partial charge in [0.25, 0.3) is 0 Å². The topological polar surface area (TPSA) is 17.1 Å². The highest BCUT2D eigenvalue weighted by Crippen LogP contribution is 2.21. The summed E-state index contributed by atoms with van der Waals surface area (Å²) < 4.78 is 37.5. The Morgan fingerprint density at radius 1 is 1.07 bits per heavy atom. The zero-order chi connectivity index (χ0) is 11.4. The van der Waals surface area contributed by atoms with Crippen LogP contribution in [0.15, 0.2) is 12.1 Å². The number of carbonyl (C=O) groups is 1. The molecule has 0 aliphatic heterocycles. The lowest BCUT2D eigenvalue weighted by Gasteiger charge is -2.10. The highest BCUT2D eigenvalue weighted by Gasteiger charge is 2.14. The average molecular weight is 216 g/mol. The maximum atomic E-state index is 12.6. The molecule has 0 aromatic heterocycles. The van der Waals surface area contributed by atoms with Crippen LogP contribution in [-0.2, 0) is 20.0 Å². The Labute approximate surface area is 85.9 Å². The molecule has 0 N–H and O–H groups in total. The summed E-state index contributed by atoms with van der Waals surface area (Å²) in [4.78, 5) is 11.2. The van der Waals surface area contributed by atoms with Crippen LogP contribution in [0.3, 0.4) is 0 Å². The summed E-state index contributed by atoms with van der Waals surface area (Å²) in [6, 6.07) is 2.52. The first kappa shape index (κ1) is 11.8. The number of benzene rings is 1. The van der Waals surface area contributed by atoms with Crippen LogP contribution in [0.4, 0.5) is 13.2 Å². The molecule has 0 unspecified atom stereocenters. The molecular formula is C11H11F3O. The summed E-state index contributed by atoms with van der Waals surface area (Å²) in [5, 5.41) is 0. The van der Waals surface area contributed by atoms with Gasteiger partial charge in [-0.05, 0) is 35.7 Å². The Balaban J connectivity index is 3.39. The van der Waals surface area contributed by atoms with E-state index in [1.54, 1.807) is 0 Å². The molecule has 1 aromatic carbocycles. The van der Waals surface area contributed by atoms with Crippen molar-refractivity contribution in [2.45, 2.75) is 26.9 Å². The first-order valence-corrected chi connectivity index (χ1v) is 4.47. The van der Waals surface area contributed by atoms with Crippen molar-refractivity contribution in [2.24, 2.45) is 0 Å². The fraction of sp³-hybridized carbons (Fsp3) is 0.364. The Kier molecular flexibility index (Phi) is 3.88. The molecule has 0 spiro atoms. The predicted octanol–water partition coefficient (Wildman–Crippen LogP) is 3.30. The second kappa shape index (κ2) is 4.96. The van der Waals surface area contributed by atoms with E-state index in [9.17, 15) is 18.0 Å². The van der Waals surface area contributed by atoms with E-state index >= 15 is 0 Å². The molecule has 0 fully saturated rings. The van der Waals surface area contributed by atoms with Crippen LogP contribution in [0.5, 0.6) is 0 Å². The molecule has 0 radical (unpaired) electrons. The number of hydrogen-bond donors (Lipinski definition) is 0. The van der Waals surface area contributed by atoms with E-state index in [0.29, 0.717) is 0 Å². The minimum Gasteiger partial charge on any atom is -0.294 e. The number of alkyl halides is 3. The van der Waals surface area contributed by atoms with Crippen molar-refractivity contribution in [3.63, 3.8) is 0 Å². The van der Waals surface area contributed by atoms with Gasteiger partial charge in [0.05, 0.1) is 0 Å². The van der Waals surface area contributed by atoms with Crippen LogP contribution in [-0.4, -0.2) is 5.78 Å². The molecule has 0 amide bonds. The molecule has 0 bridgehead atoms. The Morgan fingerprint density at radius 2 is 1.53 bits per heavy atom. The number of rotatable bonds is 4. The van der Waals surface area contributed by atoms with Crippen LogP contribution >= 0.6 is 0 Å². The van der Waals surface area contributed by atoms with E-state index in [1.807, 2.05) is 0 Å². The van der Waals surface area contributed by atoms with Crippen molar-refractivity contribution >= 4 is 5.78 Å². The van der Waals surface area contributed by atoms with Gasteiger partial charge in [0.15, 0.2) is 5.78 Å². The second-order valence-corrected chi connectivity index (χ2v) is 3.25. The molecule has 0 saturated heterocycles. The van der Waals surface area contributed by atoms with Crippen LogP contribution in [0.1, 0.15) is 34.0 Å². The highest BCUT2D eigenvalue weighted by molar-refractivity contribution is 5.97. The zero-order valence-electron chi connectivity index (χ0n) is 8.32. The van der Waals surface area contributed by atoms with Crippen LogP contribution in [0.2, 0.25) is 0 Å². The van der Waals surface area contributed by atoms with Crippen LogP contribution in [0.25, 0.3) is 0 Å². The van der Waals surface area contributed by atoms with Crippen LogP contribution < -0.4 is 0 Å². The average Bonchev–Trinajstić information content (AvgIpc) is 2.26. The third-order valence-electron chi connectivity index (χ3n) is 2.16. The first-order chi connectivity index (χ1) is 7.13. The Morgan fingerprint density at radius 3 is 1.80 bits per heavy atom. The van der Waals surface area contributed by atoms with Gasteiger partial charge in [-0.3, -0.25) is 4.79 Å². The van der Waals surface area contributed by atoms with Crippen molar-refractivity contribution in [1.29, 1.82) is 0 Å². The van der Waals surface area contributed by atoms with E-state index < -0.39 is 25.8 Å². The van der Waals surface area contributed by atoms with Gasteiger partial charge in [-0.25, -0.2) is 13.2 Å². The summed E-state index contributed by atoms with van der Waals surface area (Å²) in [6.45, 7) is -1.34. The zero-order valence-corrected chi connectivity index (χ0v) is 8.32. The van der Waals surface area contributed by atoms with Gasteiger partial charge in [0, 0.05) is 5.56 Å². The maximum Gasteiger partial charge on any atom is 0.160 e. The smallest absolute Gasteiger partial charge is 0.160 e. The predicted molar refractivity (Wildman–Crippen MR) is 50.9 cm³/mol. The van der Waals surface area contributed by atoms with E-state index in [4.69, 9.17) is 0 Å². The number of carbonyl (C=O) groups excluding carboxylic acids is 1. The fourth-order valence-corrected chi connectivity index (χ4v) is 1.58. The molecule has 0 aliphatic rings. The normalized spacial score (nSPS) is 10.4. The van der Waals surface area contributed by atoms with Gasteiger partial charge >= 0.3 is 0 Å². The molecule has 0 heterocycles. The lowest BCUT2D eigenvalue weighted by atomic mass is 9.96. The summed E-state index contributed by atoms with van der Waals surface area (Å²) in [5.41, 5.74) is 0.355. The molecule has 0 saturated carbocycles. The van der Waals surface area contributed by atoms with Crippen molar-refractivity contribution < 1.29 is 18.0 Å². The highest BCUT2D eigenvalue weighted by atomic mass is 19.1. The Bertz CT molecular complexity index is 349. The van der Waals surface area contributed by atoms with Crippen molar-refractivity contribution in [1.82, 2.24) is 0 Å². The maximum absolute atomic E-state index is 12.6. The summed E-state index contributed by atoms with van der Waals surface area (Å²) >= 11 is 0. The SMILES string of the molecule is CC(=O)c1c(CF)cc(CF)cc1CF. The lowest BCUT2D eigenvalue weighted by molar-refractivity contribution is 0.101. The molecule has 1 nitrogen and oxygen atoms in total. The first-order valence-electron chi connectivity index (χ1n) is 4.47. The standard InChI is InChI=1S/C11H11F3O/c1-7(15)11-9(5-13)2-8(4-12)3-10(11)6-14/h2-3H,4-6H2,1H3. The van der Waals surface area contributed by atoms with E-state index in [0.717, 1.165) is 0 Å². The van der Waals surface area contributed by atoms with Crippen LogP contribution in [0, 0.1) is 0 Å². The quantitative estimate of drug-likeness (QED) is 0.706. The van der Waals surface area contributed by atoms with Gasteiger partial charge in [0.1, 0.15) is 20.0 Å². The molecule has 82 valence electrons. The molecule has 0 aliphatic carbocycles. The molecule has 1 rings (SSSR count). The number of hydrogen-bond acceptors (Lipinski definition) is 1.